The number of hydrogen-bond donors (Lipinski definition) is 1. The molecular formula is C23H25N3O4. The summed E-state index contributed by atoms with van der Waals surface area (Å²) < 4.78 is 11.7. The smallest absolute Gasteiger partial charge is 0.254 e. The number of ether oxygens (including phenoxy) is 2. The van der Waals surface area contributed by atoms with Crippen molar-refractivity contribution in [1.29, 1.82) is 0 Å². The summed E-state index contributed by atoms with van der Waals surface area (Å²) in [5, 5.41) is 3.06. The lowest BCUT2D eigenvalue weighted by molar-refractivity contribution is 0.00317. The number of aromatic nitrogens is 1. The van der Waals surface area contributed by atoms with Crippen molar-refractivity contribution in [1.82, 2.24) is 15.2 Å². The number of nitrogens with one attached hydrogen (secondary N) is 1. The minimum atomic E-state index is -0.273. The number of methoxy groups -OCH3 is 1. The molecule has 0 aliphatic carbocycles. The highest BCUT2D eigenvalue weighted by Gasteiger charge is 2.63. The van der Waals surface area contributed by atoms with Gasteiger partial charge in [-0.3, -0.25) is 14.6 Å². The maximum Gasteiger partial charge on any atom is 0.254 e. The van der Waals surface area contributed by atoms with E-state index in [0.717, 1.165) is 12.8 Å². The predicted octanol–water partition coefficient (Wildman–Crippen LogP) is 2.14. The number of likely N-dealkylation sites (tertiary alicyclic amines) is 1. The summed E-state index contributed by atoms with van der Waals surface area (Å²) in [5.74, 6) is 1.03. The Balaban J connectivity index is 1.28. The van der Waals surface area contributed by atoms with Crippen molar-refractivity contribution in [2.45, 2.75) is 24.5 Å². The third-order valence-electron chi connectivity index (χ3n) is 6.83. The Labute approximate surface area is 175 Å². The van der Waals surface area contributed by atoms with Gasteiger partial charge in [0, 0.05) is 48.4 Å². The number of fused-ring (bicyclic) bond motifs is 1. The fraction of sp³-hybridized carbons (Fsp3) is 0.435. The molecule has 4 atom stereocenters. The van der Waals surface area contributed by atoms with Crippen molar-refractivity contribution in [2.24, 2.45) is 11.8 Å². The van der Waals surface area contributed by atoms with Crippen LogP contribution in [0.15, 0.2) is 48.8 Å². The van der Waals surface area contributed by atoms with Crippen molar-refractivity contribution in [2.75, 3.05) is 26.7 Å². The van der Waals surface area contributed by atoms with Crippen molar-refractivity contribution in [3.8, 4) is 5.75 Å². The van der Waals surface area contributed by atoms with Gasteiger partial charge in [0.05, 0.1) is 25.4 Å². The molecule has 1 aromatic carbocycles. The molecule has 0 unspecified atom stereocenters. The van der Waals surface area contributed by atoms with Crippen molar-refractivity contribution in [3.63, 3.8) is 0 Å². The van der Waals surface area contributed by atoms with Crippen LogP contribution in [0.3, 0.4) is 0 Å². The minimum Gasteiger partial charge on any atom is -0.497 e. The predicted molar refractivity (Wildman–Crippen MR) is 109 cm³/mol. The summed E-state index contributed by atoms with van der Waals surface area (Å²) in [5.41, 5.74) is 0.957. The molecule has 7 nitrogen and oxygen atoms in total. The first kappa shape index (κ1) is 19.1. The van der Waals surface area contributed by atoms with Gasteiger partial charge in [0.1, 0.15) is 5.75 Å². The van der Waals surface area contributed by atoms with Crippen LogP contribution >= 0.6 is 0 Å². The number of amides is 2. The van der Waals surface area contributed by atoms with Gasteiger partial charge in [-0.05, 0) is 43.2 Å². The Morgan fingerprint density at radius 2 is 2.10 bits per heavy atom. The zero-order valence-electron chi connectivity index (χ0n) is 16.9. The summed E-state index contributed by atoms with van der Waals surface area (Å²) in [6, 6.07) is 10.7. The number of carbonyl (C=O) groups is 2. The first-order valence-electron chi connectivity index (χ1n) is 10.4. The Morgan fingerprint density at radius 1 is 1.27 bits per heavy atom. The number of pyridine rings is 1. The number of benzene rings is 1. The molecule has 2 bridgehead atoms. The molecule has 7 heteroatoms. The highest BCUT2D eigenvalue weighted by atomic mass is 16.5. The lowest BCUT2D eigenvalue weighted by Gasteiger charge is -2.29. The SMILES string of the molecule is COc1cccc(C(=O)N2C[C@@H]3[C@H](CNC(=O)c4ccncc4)[C@H]4CC[C@]3(C2)O4)c1. The summed E-state index contributed by atoms with van der Waals surface area (Å²) in [6.45, 7) is 1.82. The van der Waals surface area contributed by atoms with E-state index in [1.807, 2.05) is 23.1 Å². The van der Waals surface area contributed by atoms with Gasteiger partial charge < -0.3 is 19.7 Å². The zero-order valence-corrected chi connectivity index (χ0v) is 16.9. The lowest BCUT2D eigenvalue weighted by atomic mass is 9.73. The number of hydrogen-bond acceptors (Lipinski definition) is 5. The fourth-order valence-electron chi connectivity index (χ4n) is 5.37. The summed E-state index contributed by atoms with van der Waals surface area (Å²) >= 11 is 0. The first-order chi connectivity index (χ1) is 14.6. The Hall–Kier alpha value is -2.93. The molecule has 1 spiro atoms. The molecule has 2 amide bonds. The van der Waals surface area contributed by atoms with Gasteiger partial charge >= 0.3 is 0 Å². The van der Waals surface area contributed by atoms with E-state index >= 15 is 0 Å². The second-order valence-corrected chi connectivity index (χ2v) is 8.39. The minimum absolute atomic E-state index is 0.00398. The first-order valence-corrected chi connectivity index (χ1v) is 10.4. The highest BCUT2D eigenvalue weighted by molar-refractivity contribution is 5.95. The maximum atomic E-state index is 13.1. The molecule has 4 heterocycles. The van der Waals surface area contributed by atoms with Crippen LogP contribution in [0, 0.1) is 11.8 Å². The van der Waals surface area contributed by atoms with Gasteiger partial charge in [-0.2, -0.15) is 0 Å². The van der Waals surface area contributed by atoms with Crippen molar-refractivity contribution >= 4 is 11.8 Å². The zero-order chi connectivity index (χ0) is 20.7. The lowest BCUT2D eigenvalue weighted by Crippen LogP contribution is -2.41. The average Bonchev–Trinajstić information content (AvgIpc) is 3.46. The van der Waals surface area contributed by atoms with Crippen LogP contribution in [-0.2, 0) is 4.74 Å². The topological polar surface area (TPSA) is 80.8 Å². The Morgan fingerprint density at radius 3 is 2.90 bits per heavy atom. The summed E-state index contributed by atoms with van der Waals surface area (Å²) in [4.78, 5) is 31.4. The van der Waals surface area contributed by atoms with Crippen LogP contribution in [0.5, 0.6) is 5.75 Å². The third kappa shape index (κ3) is 3.13. The molecule has 3 aliphatic rings. The molecule has 0 saturated carbocycles. The van der Waals surface area contributed by atoms with Gasteiger partial charge in [0.15, 0.2) is 0 Å². The van der Waals surface area contributed by atoms with Crippen LogP contribution in [0.4, 0.5) is 0 Å². The number of rotatable bonds is 5. The normalized spacial score (nSPS) is 29.0. The molecule has 30 heavy (non-hydrogen) atoms. The largest absolute Gasteiger partial charge is 0.497 e. The molecule has 0 radical (unpaired) electrons. The molecule has 156 valence electrons. The highest BCUT2D eigenvalue weighted by Crippen LogP contribution is 2.54. The molecular weight excluding hydrogens is 382 g/mol. The van der Waals surface area contributed by atoms with Crippen LogP contribution in [-0.4, -0.2) is 60.1 Å². The monoisotopic (exact) mass is 407 g/mol. The second-order valence-electron chi connectivity index (χ2n) is 8.39. The third-order valence-corrected chi connectivity index (χ3v) is 6.83. The van der Waals surface area contributed by atoms with Gasteiger partial charge in [-0.1, -0.05) is 6.07 Å². The van der Waals surface area contributed by atoms with Gasteiger partial charge in [-0.15, -0.1) is 0 Å². The van der Waals surface area contributed by atoms with Crippen molar-refractivity contribution in [3.05, 3.63) is 59.9 Å². The Bertz CT molecular complexity index is 966. The van der Waals surface area contributed by atoms with Gasteiger partial charge in [0.2, 0.25) is 0 Å². The molecule has 1 N–H and O–H groups in total. The van der Waals surface area contributed by atoms with E-state index < -0.39 is 0 Å². The fourth-order valence-corrected chi connectivity index (χ4v) is 5.37. The van der Waals surface area contributed by atoms with Crippen LogP contribution in [0.2, 0.25) is 0 Å². The Kier molecular flexibility index (Phi) is 4.70. The van der Waals surface area contributed by atoms with Crippen molar-refractivity contribution < 1.29 is 19.1 Å². The van der Waals surface area contributed by atoms with Crippen LogP contribution in [0.1, 0.15) is 33.6 Å². The van der Waals surface area contributed by atoms with E-state index in [9.17, 15) is 9.59 Å². The molecule has 3 saturated heterocycles. The molecule has 1 aromatic heterocycles. The molecule has 5 rings (SSSR count). The second kappa shape index (κ2) is 7.40. The number of carbonyl (C=O) groups excluding carboxylic acids is 2. The van der Waals surface area contributed by atoms with E-state index in [4.69, 9.17) is 9.47 Å². The number of nitrogens with zero attached hydrogens (tertiary/aromatic N) is 2. The molecule has 2 aromatic rings. The van der Waals surface area contributed by atoms with Gasteiger partial charge in [-0.25, -0.2) is 0 Å². The summed E-state index contributed by atoms with van der Waals surface area (Å²) in [6.07, 6.45) is 5.33. The van der Waals surface area contributed by atoms with Crippen LogP contribution in [0.25, 0.3) is 0 Å². The van der Waals surface area contributed by atoms with E-state index in [1.165, 1.54) is 0 Å². The van der Waals surface area contributed by atoms with Gasteiger partial charge in [0.25, 0.3) is 11.8 Å². The molecule has 3 fully saturated rings. The van der Waals surface area contributed by atoms with Crippen LogP contribution < -0.4 is 10.1 Å². The van der Waals surface area contributed by atoms with E-state index in [-0.39, 0.29) is 35.4 Å². The average molecular weight is 407 g/mol. The van der Waals surface area contributed by atoms with E-state index in [1.54, 1.807) is 37.7 Å². The quantitative estimate of drug-likeness (QED) is 0.821. The van der Waals surface area contributed by atoms with E-state index in [2.05, 4.69) is 10.3 Å². The summed E-state index contributed by atoms with van der Waals surface area (Å²) in [7, 11) is 1.60. The standard InChI is InChI=1S/C23H25N3O4/c1-29-17-4-2-3-16(11-17)22(28)26-13-19-18(20-5-8-23(19,14-26)30-20)12-25-21(27)15-6-9-24-10-7-15/h2-4,6-7,9-11,18-20H,5,8,12-14H2,1H3,(H,25,27)/t18-,19+,20+,23+/m0/s1. The maximum absolute atomic E-state index is 13.1. The molecule has 3 aliphatic heterocycles. The van der Waals surface area contributed by atoms with E-state index in [0.29, 0.717) is 36.5 Å².